The molecular formula is C15H18ClF3. The molecule has 4 heteroatoms. The van der Waals surface area contributed by atoms with Gasteiger partial charge in [0.2, 0.25) is 0 Å². The van der Waals surface area contributed by atoms with E-state index in [1.807, 2.05) is 0 Å². The molecule has 2 unspecified atom stereocenters. The highest BCUT2D eigenvalue weighted by atomic mass is 35.5. The van der Waals surface area contributed by atoms with Crippen LogP contribution in [0, 0.1) is 28.8 Å². The second-order valence-corrected chi connectivity index (χ2v) is 6.50. The van der Waals surface area contributed by atoms with Crippen LogP contribution in [0.15, 0.2) is 12.1 Å². The highest BCUT2D eigenvalue weighted by Gasteiger charge is 2.38. The fourth-order valence-electron chi connectivity index (χ4n) is 3.03. The second-order valence-electron chi connectivity index (χ2n) is 6.03. The van der Waals surface area contributed by atoms with Crippen LogP contribution in [0.1, 0.15) is 50.5 Å². The smallest absolute Gasteiger partial charge is 0.161 e. The molecule has 1 aliphatic carbocycles. The van der Waals surface area contributed by atoms with Gasteiger partial charge in [0.1, 0.15) is 5.82 Å². The van der Waals surface area contributed by atoms with Gasteiger partial charge >= 0.3 is 0 Å². The first kappa shape index (κ1) is 14.7. The zero-order chi connectivity index (χ0) is 14.2. The third kappa shape index (κ3) is 2.91. The molecule has 0 radical (unpaired) electrons. The molecule has 2 rings (SSSR count). The number of alkyl halides is 1. The lowest BCUT2D eigenvalue weighted by atomic mass is 9.66. The van der Waals surface area contributed by atoms with E-state index in [1.54, 1.807) is 0 Å². The van der Waals surface area contributed by atoms with Gasteiger partial charge in [0.25, 0.3) is 0 Å². The number of hydrogen-bond donors (Lipinski definition) is 0. The van der Waals surface area contributed by atoms with Gasteiger partial charge in [-0.25, -0.2) is 13.2 Å². The topological polar surface area (TPSA) is 0 Å². The first-order valence-corrected chi connectivity index (χ1v) is 7.05. The van der Waals surface area contributed by atoms with Gasteiger partial charge in [-0.3, -0.25) is 0 Å². The molecule has 1 saturated carbocycles. The number of halogens is 4. The highest BCUT2D eigenvalue weighted by Crippen LogP contribution is 2.49. The Morgan fingerprint density at radius 1 is 1.11 bits per heavy atom. The summed E-state index contributed by atoms with van der Waals surface area (Å²) in [5.74, 6) is -2.91. The number of hydrogen-bond acceptors (Lipinski definition) is 0. The van der Waals surface area contributed by atoms with E-state index in [1.165, 1.54) is 0 Å². The van der Waals surface area contributed by atoms with Gasteiger partial charge in [0.05, 0.1) is 5.38 Å². The predicted molar refractivity (Wildman–Crippen MR) is 70.6 cm³/mol. The van der Waals surface area contributed by atoms with E-state index in [4.69, 9.17) is 11.6 Å². The molecule has 0 amide bonds. The third-order valence-corrected chi connectivity index (χ3v) is 4.82. The van der Waals surface area contributed by atoms with Crippen molar-refractivity contribution in [2.75, 3.05) is 0 Å². The van der Waals surface area contributed by atoms with Crippen LogP contribution in [0.4, 0.5) is 13.2 Å². The lowest BCUT2D eigenvalue weighted by Gasteiger charge is -2.41. The maximum absolute atomic E-state index is 13.8. The number of benzene rings is 1. The molecule has 1 aliphatic rings. The molecule has 0 bridgehead atoms. The van der Waals surface area contributed by atoms with E-state index in [0.717, 1.165) is 31.7 Å². The maximum atomic E-state index is 13.8. The molecule has 0 nitrogen and oxygen atoms in total. The van der Waals surface area contributed by atoms with Crippen molar-refractivity contribution in [2.45, 2.75) is 44.9 Å². The Kier molecular flexibility index (Phi) is 4.14. The summed E-state index contributed by atoms with van der Waals surface area (Å²) >= 11 is 6.37. The van der Waals surface area contributed by atoms with Gasteiger partial charge in [-0.1, -0.05) is 26.7 Å². The van der Waals surface area contributed by atoms with Crippen molar-refractivity contribution < 1.29 is 13.2 Å². The summed E-state index contributed by atoms with van der Waals surface area (Å²) in [5, 5.41) is -0.620. The minimum atomic E-state index is -1.17. The van der Waals surface area contributed by atoms with E-state index in [9.17, 15) is 13.2 Å². The van der Waals surface area contributed by atoms with Crippen LogP contribution in [-0.4, -0.2) is 0 Å². The van der Waals surface area contributed by atoms with Crippen molar-refractivity contribution in [2.24, 2.45) is 11.3 Å². The molecule has 0 heterocycles. The van der Waals surface area contributed by atoms with E-state index in [-0.39, 0.29) is 16.9 Å². The van der Waals surface area contributed by atoms with Gasteiger partial charge < -0.3 is 0 Å². The molecule has 0 aliphatic heterocycles. The van der Waals surface area contributed by atoms with Crippen LogP contribution < -0.4 is 0 Å². The van der Waals surface area contributed by atoms with E-state index >= 15 is 0 Å². The van der Waals surface area contributed by atoms with E-state index in [2.05, 4.69) is 13.8 Å². The molecule has 1 fully saturated rings. The Balaban J connectivity index is 2.33. The Morgan fingerprint density at radius 2 is 1.74 bits per heavy atom. The van der Waals surface area contributed by atoms with Gasteiger partial charge in [0.15, 0.2) is 11.6 Å². The Morgan fingerprint density at radius 3 is 2.37 bits per heavy atom. The minimum Gasteiger partial charge on any atom is -0.207 e. The van der Waals surface area contributed by atoms with Crippen LogP contribution in [0.3, 0.4) is 0 Å². The minimum absolute atomic E-state index is 0.0119. The van der Waals surface area contributed by atoms with Gasteiger partial charge in [-0.15, -0.1) is 11.6 Å². The normalized spacial score (nSPS) is 24.2. The summed E-state index contributed by atoms with van der Waals surface area (Å²) in [6.07, 6.45) is 4.09. The van der Waals surface area contributed by atoms with Gasteiger partial charge in [0, 0.05) is 11.6 Å². The summed E-state index contributed by atoms with van der Waals surface area (Å²) in [5.41, 5.74) is 0.0580. The molecule has 1 aromatic rings. The molecule has 0 saturated heterocycles. The first-order chi connectivity index (χ1) is 8.83. The lowest BCUT2D eigenvalue weighted by Crippen LogP contribution is -2.31. The summed E-state index contributed by atoms with van der Waals surface area (Å²) in [7, 11) is 0. The monoisotopic (exact) mass is 290 g/mol. The van der Waals surface area contributed by atoms with Crippen molar-refractivity contribution >= 4 is 11.6 Å². The van der Waals surface area contributed by atoms with Crippen molar-refractivity contribution in [1.29, 1.82) is 0 Å². The van der Waals surface area contributed by atoms with E-state index in [0.29, 0.717) is 6.07 Å². The largest absolute Gasteiger partial charge is 0.207 e. The molecular weight excluding hydrogens is 273 g/mol. The Bertz CT molecular complexity index is 471. The predicted octanol–water partition coefficient (Wildman–Crippen LogP) is 5.60. The van der Waals surface area contributed by atoms with Crippen LogP contribution in [0.2, 0.25) is 0 Å². The molecule has 1 aromatic carbocycles. The lowest BCUT2D eigenvalue weighted by molar-refractivity contribution is 0.132. The maximum Gasteiger partial charge on any atom is 0.161 e. The first-order valence-electron chi connectivity index (χ1n) is 6.61. The highest BCUT2D eigenvalue weighted by molar-refractivity contribution is 6.21. The van der Waals surface area contributed by atoms with Crippen molar-refractivity contribution in [3.05, 3.63) is 35.1 Å². The molecule has 0 spiro atoms. The SMILES string of the molecule is CC1(C)CCCCC1C(Cl)c1cc(F)c(F)cc1F. The van der Waals surface area contributed by atoms with Crippen LogP contribution in [0.25, 0.3) is 0 Å². The zero-order valence-electron chi connectivity index (χ0n) is 11.1. The van der Waals surface area contributed by atoms with Crippen molar-refractivity contribution in [3.8, 4) is 0 Å². The molecule has 106 valence electrons. The van der Waals surface area contributed by atoms with Gasteiger partial charge in [-0.2, -0.15) is 0 Å². The molecule has 0 N–H and O–H groups in total. The van der Waals surface area contributed by atoms with Crippen molar-refractivity contribution in [1.82, 2.24) is 0 Å². The fourth-order valence-corrected chi connectivity index (χ4v) is 3.66. The summed E-state index contributed by atoms with van der Waals surface area (Å²) < 4.78 is 40.0. The van der Waals surface area contributed by atoms with Crippen LogP contribution in [0.5, 0.6) is 0 Å². The van der Waals surface area contributed by atoms with Gasteiger partial charge in [-0.05, 0) is 30.2 Å². The van der Waals surface area contributed by atoms with Crippen LogP contribution >= 0.6 is 11.6 Å². The quantitative estimate of drug-likeness (QED) is 0.491. The molecule has 0 aromatic heterocycles. The fraction of sp³-hybridized carbons (Fsp3) is 0.600. The molecule has 2 atom stereocenters. The van der Waals surface area contributed by atoms with Crippen LogP contribution in [-0.2, 0) is 0 Å². The average molecular weight is 291 g/mol. The third-order valence-electron chi connectivity index (χ3n) is 4.28. The Hall–Kier alpha value is -0.700. The Labute approximate surface area is 117 Å². The zero-order valence-corrected chi connectivity index (χ0v) is 11.9. The summed E-state index contributed by atoms with van der Waals surface area (Å²) in [6.45, 7) is 4.20. The molecule has 19 heavy (non-hydrogen) atoms. The standard InChI is InChI=1S/C15H18ClF3/c1-15(2)6-4-3-5-10(15)14(16)9-7-12(18)13(19)8-11(9)17/h7-8,10,14H,3-6H2,1-2H3. The summed E-state index contributed by atoms with van der Waals surface area (Å²) in [4.78, 5) is 0. The van der Waals surface area contributed by atoms with E-state index < -0.39 is 22.8 Å². The summed E-state index contributed by atoms with van der Waals surface area (Å²) in [6, 6.07) is 1.48. The van der Waals surface area contributed by atoms with Crippen molar-refractivity contribution in [3.63, 3.8) is 0 Å². The second kappa shape index (κ2) is 5.35. The average Bonchev–Trinajstić information content (AvgIpc) is 2.32. The number of rotatable bonds is 2.